The molecule has 1 aliphatic rings. The minimum Gasteiger partial charge on any atom is -0.477 e. The van der Waals surface area contributed by atoms with Crippen LogP contribution in [0.2, 0.25) is 0 Å². The van der Waals surface area contributed by atoms with E-state index in [0.29, 0.717) is 6.04 Å². The normalized spacial score (nSPS) is 15.2. The Balaban J connectivity index is 2.24. The number of hydrogen-bond acceptors (Lipinski definition) is 3. The van der Waals surface area contributed by atoms with Gasteiger partial charge in [-0.3, -0.25) is 0 Å². The largest absolute Gasteiger partial charge is 0.477 e. The third-order valence-corrected chi connectivity index (χ3v) is 2.46. The second-order valence-electron chi connectivity index (χ2n) is 3.55. The fourth-order valence-corrected chi connectivity index (χ4v) is 1.43. The quantitative estimate of drug-likeness (QED) is 0.786. The van der Waals surface area contributed by atoms with E-state index >= 15 is 0 Å². The number of aromatic nitrogens is 1. The lowest BCUT2D eigenvalue weighted by molar-refractivity contribution is 0.0690. The molecule has 1 saturated carbocycles. The lowest BCUT2D eigenvalue weighted by Gasteiger charge is -2.18. The summed E-state index contributed by atoms with van der Waals surface area (Å²) in [6, 6.07) is 4.03. The highest BCUT2D eigenvalue weighted by Gasteiger charge is 2.26. The SMILES string of the molecule is CN(c1ccnc(C(=O)O)c1)C1CC1. The van der Waals surface area contributed by atoms with Crippen LogP contribution < -0.4 is 4.90 Å². The molecule has 4 heteroatoms. The van der Waals surface area contributed by atoms with Gasteiger partial charge in [0.2, 0.25) is 0 Å². The Morgan fingerprint density at radius 2 is 2.36 bits per heavy atom. The van der Waals surface area contributed by atoms with Gasteiger partial charge >= 0.3 is 5.97 Å². The molecule has 0 spiro atoms. The molecule has 0 radical (unpaired) electrons. The van der Waals surface area contributed by atoms with E-state index < -0.39 is 5.97 Å². The molecule has 1 aliphatic carbocycles. The second-order valence-corrected chi connectivity index (χ2v) is 3.55. The van der Waals surface area contributed by atoms with Crippen molar-refractivity contribution in [1.82, 2.24) is 4.98 Å². The summed E-state index contributed by atoms with van der Waals surface area (Å²) in [6.45, 7) is 0. The van der Waals surface area contributed by atoms with Gasteiger partial charge in [0.25, 0.3) is 0 Å². The molecule has 1 fully saturated rings. The molecule has 2 rings (SSSR count). The molecular formula is C10H12N2O2. The van der Waals surface area contributed by atoms with Gasteiger partial charge in [-0.25, -0.2) is 9.78 Å². The molecule has 1 aromatic rings. The first kappa shape index (κ1) is 8.99. The first-order valence-corrected chi connectivity index (χ1v) is 4.60. The fourth-order valence-electron chi connectivity index (χ4n) is 1.43. The summed E-state index contributed by atoms with van der Waals surface area (Å²) < 4.78 is 0. The molecule has 1 aromatic heterocycles. The summed E-state index contributed by atoms with van der Waals surface area (Å²) >= 11 is 0. The van der Waals surface area contributed by atoms with Gasteiger partial charge in [-0.1, -0.05) is 0 Å². The third kappa shape index (κ3) is 1.69. The molecule has 14 heavy (non-hydrogen) atoms. The van der Waals surface area contributed by atoms with Crippen LogP contribution in [0.25, 0.3) is 0 Å². The van der Waals surface area contributed by atoms with Crippen LogP contribution in [0, 0.1) is 0 Å². The van der Waals surface area contributed by atoms with Crippen molar-refractivity contribution in [2.24, 2.45) is 0 Å². The van der Waals surface area contributed by atoms with Gasteiger partial charge in [0, 0.05) is 25.0 Å². The highest BCUT2D eigenvalue weighted by Crippen LogP contribution is 2.29. The average molecular weight is 192 g/mol. The van der Waals surface area contributed by atoms with E-state index in [2.05, 4.69) is 9.88 Å². The molecule has 0 atom stereocenters. The van der Waals surface area contributed by atoms with E-state index in [-0.39, 0.29) is 5.69 Å². The molecule has 0 aliphatic heterocycles. The fraction of sp³-hybridized carbons (Fsp3) is 0.400. The maximum atomic E-state index is 10.7. The molecule has 4 nitrogen and oxygen atoms in total. The predicted octanol–water partition coefficient (Wildman–Crippen LogP) is 1.38. The number of carbonyl (C=O) groups is 1. The number of hydrogen-bond donors (Lipinski definition) is 1. The summed E-state index contributed by atoms with van der Waals surface area (Å²) in [4.78, 5) is 16.6. The van der Waals surface area contributed by atoms with Crippen molar-refractivity contribution >= 4 is 11.7 Å². The number of carboxylic acids is 1. The van der Waals surface area contributed by atoms with Crippen LogP contribution in [0.1, 0.15) is 23.3 Å². The Morgan fingerprint density at radius 3 is 2.93 bits per heavy atom. The zero-order valence-electron chi connectivity index (χ0n) is 7.97. The molecule has 0 aromatic carbocycles. The molecule has 0 bridgehead atoms. The van der Waals surface area contributed by atoms with E-state index in [1.165, 1.54) is 19.0 Å². The molecule has 1 heterocycles. The van der Waals surface area contributed by atoms with Crippen molar-refractivity contribution < 1.29 is 9.90 Å². The van der Waals surface area contributed by atoms with Crippen molar-refractivity contribution in [1.29, 1.82) is 0 Å². The molecule has 1 N–H and O–H groups in total. The highest BCUT2D eigenvalue weighted by atomic mass is 16.4. The Hall–Kier alpha value is -1.58. The number of anilines is 1. The van der Waals surface area contributed by atoms with Gasteiger partial charge in [0.05, 0.1) is 0 Å². The van der Waals surface area contributed by atoms with Crippen LogP contribution in [-0.4, -0.2) is 29.1 Å². The Kier molecular flexibility index (Phi) is 2.11. The minimum atomic E-state index is -0.976. The summed E-state index contributed by atoms with van der Waals surface area (Å²) in [6.07, 6.45) is 3.93. The second kappa shape index (κ2) is 3.29. The standard InChI is InChI=1S/C10H12N2O2/c1-12(7-2-3-7)8-4-5-11-9(6-8)10(13)14/h4-7H,2-3H2,1H3,(H,13,14). The van der Waals surface area contributed by atoms with Crippen LogP contribution in [0.15, 0.2) is 18.3 Å². The van der Waals surface area contributed by atoms with E-state index in [9.17, 15) is 4.79 Å². The van der Waals surface area contributed by atoms with Gasteiger partial charge in [0.15, 0.2) is 0 Å². The van der Waals surface area contributed by atoms with Crippen molar-refractivity contribution in [3.05, 3.63) is 24.0 Å². The lowest BCUT2D eigenvalue weighted by atomic mass is 10.3. The smallest absolute Gasteiger partial charge is 0.354 e. The number of pyridine rings is 1. The van der Waals surface area contributed by atoms with Gasteiger partial charge in [0.1, 0.15) is 5.69 Å². The van der Waals surface area contributed by atoms with Gasteiger partial charge in [-0.2, -0.15) is 0 Å². The third-order valence-electron chi connectivity index (χ3n) is 2.46. The summed E-state index contributed by atoms with van der Waals surface area (Å²) in [5.74, 6) is -0.976. The molecule has 0 unspecified atom stereocenters. The zero-order valence-corrected chi connectivity index (χ0v) is 7.97. The first-order chi connectivity index (χ1) is 6.68. The number of carboxylic acid groups (broad SMARTS) is 1. The van der Waals surface area contributed by atoms with Gasteiger partial charge in [-0.05, 0) is 25.0 Å². The highest BCUT2D eigenvalue weighted by molar-refractivity contribution is 5.86. The average Bonchev–Trinajstić information content (AvgIpc) is 3.00. The van der Waals surface area contributed by atoms with Gasteiger partial charge in [-0.15, -0.1) is 0 Å². The maximum Gasteiger partial charge on any atom is 0.354 e. The summed E-state index contributed by atoms with van der Waals surface area (Å²) in [5, 5.41) is 8.76. The minimum absolute atomic E-state index is 0.106. The van der Waals surface area contributed by atoms with E-state index in [1.54, 1.807) is 6.07 Å². The molecule has 74 valence electrons. The summed E-state index contributed by atoms with van der Waals surface area (Å²) in [7, 11) is 1.98. The molecule has 0 saturated heterocycles. The van der Waals surface area contributed by atoms with Crippen LogP contribution in [-0.2, 0) is 0 Å². The van der Waals surface area contributed by atoms with Crippen LogP contribution in [0.5, 0.6) is 0 Å². The molecular weight excluding hydrogens is 180 g/mol. The number of nitrogens with zero attached hydrogens (tertiary/aromatic N) is 2. The van der Waals surface area contributed by atoms with Crippen molar-refractivity contribution in [2.45, 2.75) is 18.9 Å². The van der Waals surface area contributed by atoms with E-state index in [0.717, 1.165) is 5.69 Å². The van der Waals surface area contributed by atoms with Crippen molar-refractivity contribution in [3.8, 4) is 0 Å². The Morgan fingerprint density at radius 1 is 1.64 bits per heavy atom. The van der Waals surface area contributed by atoms with Crippen LogP contribution in [0.4, 0.5) is 5.69 Å². The van der Waals surface area contributed by atoms with Crippen LogP contribution >= 0.6 is 0 Å². The van der Waals surface area contributed by atoms with Crippen molar-refractivity contribution in [3.63, 3.8) is 0 Å². The maximum absolute atomic E-state index is 10.7. The lowest BCUT2D eigenvalue weighted by Crippen LogP contribution is -2.19. The topological polar surface area (TPSA) is 53.4 Å². The van der Waals surface area contributed by atoms with Gasteiger partial charge < -0.3 is 10.0 Å². The first-order valence-electron chi connectivity index (χ1n) is 4.60. The van der Waals surface area contributed by atoms with Crippen molar-refractivity contribution in [2.75, 3.05) is 11.9 Å². The zero-order chi connectivity index (χ0) is 10.1. The Labute approximate surface area is 82.2 Å². The number of rotatable bonds is 3. The van der Waals surface area contributed by atoms with E-state index in [1.807, 2.05) is 13.1 Å². The number of aromatic carboxylic acids is 1. The van der Waals surface area contributed by atoms with Crippen LogP contribution in [0.3, 0.4) is 0 Å². The monoisotopic (exact) mass is 192 g/mol. The van der Waals surface area contributed by atoms with E-state index in [4.69, 9.17) is 5.11 Å². The Bertz CT molecular complexity index is 361. The predicted molar refractivity (Wildman–Crippen MR) is 52.6 cm³/mol. The molecule has 0 amide bonds. The summed E-state index contributed by atoms with van der Waals surface area (Å²) in [5.41, 5.74) is 1.04.